The van der Waals surface area contributed by atoms with E-state index in [1.165, 1.54) is 6.42 Å². The third-order valence-electron chi connectivity index (χ3n) is 2.69. The second-order valence-corrected chi connectivity index (χ2v) is 5.37. The van der Waals surface area contributed by atoms with Gasteiger partial charge in [0.15, 0.2) is 5.89 Å². The molecule has 0 aromatic carbocycles. The van der Waals surface area contributed by atoms with Gasteiger partial charge in [0.25, 0.3) is 0 Å². The molecule has 0 bridgehead atoms. The second-order valence-electron chi connectivity index (χ2n) is 5.37. The van der Waals surface area contributed by atoms with E-state index in [1.54, 1.807) is 0 Å². The first kappa shape index (κ1) is 14.2. The number of nitrogens with one attached hydrogen (secondary N) is 1. The van der Waals surface area contributed by atoms with Crippen LogP contribution in [0.2, 0.25) is 0 Å². The monoisotopic (exact) mass is 238 g/mol. The second kappa shape index (κ2) is 7.49. The molecule has 0 saturated carbocycles. The zero-order valence-electron chi connectivity index (χ0n) is 11.6. The number of hydrogen-bond donors (Lipinski definition) is 1. The molecule has 0 aliphatic rings. The van der Waals surface area contributed by atoms with Crippen LogP contribution in [-0.2, 0) is 12.8 Å². The van der Waals surface area contributed by atoms with Gasteiger partial charge in [-0.15, -0.1) is 0 Å². The predicted octanol–water partition coefficient (Wildman–Crippen LogP) is 3.19. The summed E-state index contributed by atoms with van der Waals surface area (Å²) in [5.74, 6) is 2.64. The predicted molar refractivity (Wildman–Crippen MR) is 71.1 cm³/mol. The Hall–Kier alpha value is -0.830. The number of aromatic nitrogens is 1. The molecule has 1 N–H and O–H groups in total. The first-order valence-electron chi connectivity index (χ1n) is 6.75. The molecular weight excluding hydrogens is 212 g/mol. The highest BCUT2D eigenvalue weighted by molar-refractivity contribution is 4.94. The van der Waals surface area contributed by atoms with E-state index in [0.717, 1.165) is 43.4 Å². The Labute approximate surface area is 105 Å². The first-order valence-corrected chi connectivity index (χ1v) is 6.75. The number of aryl methyl sites for hydroxylation is 2. The summed E-state index contributed by atoms with van der Waals surface area (Å²) in [6, 6.07) is 0.557. The lowest BCUT2D eigenvalue weighted by Gasteiger charge is -2.06. The maximum absolute atomic E-state index is 5.70. The molecule has 0 saturated heterocycles. The van der Waals surface area contributed by atoms with E-state index in [2.05, 4.69) is 38.0 Å². The van der Waals surface area contributed by atoms with Gasteiger partial charge in [-0.05, 0) is 25.3 Å². The van der Waals surface area contributed by atoms with Crippen LogP contribution in [0.1, 0.15) is 52.2 Å². The van der Waals surface area contributed by atoms with Gasteiger partial charge in [-0.3, -0.25) is 0 Å². The topological polar surface area (TPSA) is 38.1 Å². The Morgan fingerprint density at radius 2 is 2.00 bits per heavy atom. The van der Waals surface area contributed by atoms with Crippen molar-refractivity contribution in [2.45, 2.75) is 59.4 Å². The van der Waals surface area contributed by atoms with E-state index < -0.39 is 0 Å². The van der Waals surface area contributed by atoms with Crippen LogP contribution in [0.5, 0.6) is 0 Å². The van der Waals surface area contributed by atoms with Crippen LogP contribution in [0.25, 0.3) is 0 Å². The van der Waals surface area contributed by atoms with Crippen molar-refractivity contribution < 1.29 is 4.42 Å². The summed E-state index contributed by atoms with van der Waals surface area (Å²) in [5.41, 5.74) is 0. The third kappa shape index (κ3) is 6.47. The van der Waals surface area contributed by atoms with Crippen molar-refractivity contribution in [3.8, 4) is 0 Å². The minimum atomic E-state index is 0.557. The average molecular weight is 238 g/mol. The van der Waals surface area contributed by atoms with Gasteiger partial charge in [-0.2, -0.15) is 0 Å². The fraction of sp³-hybridized carbons (Fsp3) is 0.786. The van der Waals surface area contributed by atoms with Gasteiger partial charge in [0.1, 0.15) is 5.76 Å². The van der Waals surface area contributed by atoms with E-state index in [4.69, 9.17) is 4.42 Å². The minimum Gasteiger partial charge on any atom is -0.446 e. The smallest absolute Gasteiger partial charge is 0.194 e. The molecule has 0 unspecified atom stereocenters. The molecule has 0 spiro atoms. The molecule has 17 heavy (non-hydrogen) atoms. The van der Waals surface area contributed by atoms with Crippen LogP contribution < -0.4 is 5.32 Å². The van der Waals surface area contributed by atoms with Gasteiger partial charge in [0.2, 0.25) is 0 Å². The molecule has 0 fully saturated rings. The van der Waals surface area contributed by atoms with Crippen molar-refractivity contribution in [3.05, 3.63) is 17.8 Å². The van der Waals surface area contributed by atoms with Crippen molar-refractivity contribution in [3.63, 3.8) is 0 Å². The molecule has 1 aromatic heterocycles. The number of nitrogens with zero attached hydrogens (tertiary/aromatic N) is 1. The van der Waals surface area contributed by atoms with Crippen LogP contribution in [0.3, 0.4) is 0 Å². The zero-order chi connectivity index (χ0) is 12.7. The molecule has 0 aliphatic carbocycles. The first-order chi connectivity index (χ1) is 8.08. The lowest BCUT2D eigenvalue weighted by atomic mass is 10.1. The molecule has 0 amide bonds. The summed E-state index contributed by atoms with van der Waals surface area (Å²) in [6.07, 6.45) is 6.08. The highest BCUT2D eigenvalue weighted by Gasteiger charge is 2.05. The highest BCUT2D eigenvalue weighted by Crippen LogP contribution is 2.11. The Kier molecular flexibility index (Phi) is 6.27. The maximum atomic E-state index is 5.70. The van der Waals surface area contributed by atoms with Crippen molar-refractivity contribution >= 4 is 0 Å². The fourth-order valence-corrected chi connectivity index (χ4v) is 1.64. The normalized spacial score (nSPS) is 11.6. The summed E-state index contributed by atoms with van der Waals surface area (Å²) in [6.45, 7) is 9.81. The van der Waals surface area contributed by atoms with E-state index >= 15 is 0 Å². The molecule has 0 atom stereocenters. The van der Waals surface area contributed by atoms with Crippen LogP contribution in [0, 0.1) is 5.92 Å². The molecule has 0 aliphatic heterocycles. The van der Waals surface area contributed by atoms with Crippen LogP contribution in [0.4, 0.5) is 0 Å². The van der Waals surface area contributed by atoms with Gasteiger partial charge in [-0.25, -0.2) is 4.98 Å². The quantitative estimate of drug-likeness (QED) is 0.707. The number of oxazole rings is 1. The molecule has 3 heteroatoms. The third-order valence-corrected chi connectivity index (χ3v) is 2.69. The Balaban J connectivity index is 2.21. The summed E-state index contributed by atoms with van der Waals surface area (Å²) in [7, 11) is 0. The lowest BCUT2D eigenvalue weighted by Crippen LogP contribution is -2.23. The lowest BCUT2D eigenvalue weighted by molar-refractivity contribution is 0.428. The molecule has 1 rings (SSSR count). The molecule has 1 heterocycles. The highest BCUT2D eigenvalue weighted by atomic mass is 16.4. The van der Waals surface area contributed by atoms with Gasteiger partial charge in [0.05, 0.1) is 6.20 Å². The van der Waals surface area contributed by atoms with Gasteiger partial charge in [0, 0.05) is 18.9 Å². The van der Waals surface area contributed by atoms with Gasteiger partial charge in [-0.1, -0.05) is 27.7 Å². The molecule has 3 nitrogen and oxygen atoms in total. The Morgan fingerprint density at radius 1 is 1.24 bits per heavy atom. The van der Waals surface area contributed by atoms with Crippen LogP contribution in [0.15, 0.2) is 10.6 Å². The SMILES string of the molecule is CC(C)CCc1cnc(CCCNC(C)C)o1. The number of rotatable bonds is 8. The van der Waals surface area contributed by atoms with Crippen LogP contribution in [-0.4, -0.2) is 17.6 Å². The average Bonchev–Trinajstić information content (AvgIpc) is 2.69. The van der Waals surface area contributed by atoms with E-state index in [-0.39, 0.29) is 0 Å². The number of hydrogen-bond acceptors (Lipinski definition) is 3. The molecular formula is C14H26N2O. The summed E-state index contributed by atoms with van der Waals surface area (Å²) >= 11 is 0. The van der Waals surface area contributed by atoms with Crippen molar-refractivity contribution in [2.24, 2.45) is 5.92 Å². The van der Waals surface area contributed by atoms with Crippen molar-refractivity contribution in [1.82, 2.24) is 10.3 Å². The van der Waals surface area contributed by atoms with E-state index in [1.807, 2.05) is 6.20 Å². The Bertz CT molecular complexity index is 305. The van der Waals surface area contributed by atoms with Crippen molar-refractivity contribution in [1.29, 1.82) is 0 Å². The summed E-state index contributed by atoms with van der Waals surface area (Å²) < 4.78 is 5.70. The zero-order valence-corrected chi connectivity index (χ0v) is 11.6. The van der Waals surface area contributed by atoms with Crippen molar-refractivity contribution in [2.75, 3.05) is 6.54 Å². The maximum Gasteiger partial charge on any atom is 0.194 e. The Morgan fingerprint density at radius 3 is 2.65 bits per heavy atom. The van der Waals surface area contributed by atoms with E-state index in [0.29, 0.717) is 6.04 Å². The molecule has 98 valence electrons. The van der Waals surface area contributed by atoms with Gasteiger partial charge >= 0.3 is 0 Å². The molecule has 0 radical (unpaired) electrons. The fourth-order valence-electron chi connectivity index (χ4n) is 1.64. The van der Waals surface area contributed by atoms with E-state index in [9.17, 15) is 0 Å². The van der Waals surface area contributed by atoms with Gasteiger partial charge < -0.3 is 9.73 Å². The minimum absolute atomic E-state index is 0.557. The largest absolute Gasteiger partial charge is 0.446 e. The summed E-state index contributed by atoms with van der Waals surface area (Å²) in [5, 5.41) is 3.39. The standard InChI is InChI=1S/C14H26N2O/c1-11(2)7-8-13-10-16-14(17-13)6-5-9-15-12(3)4/h10-12,15H,5-9H2,1-4H3. The summed E-state index contributed by atoms with van der Waals surface area (Å²) in [4.78, 5) is 4.32. The molecule has 1 aromatic rings. The van der Waals surface area contributed by atoms with Crippen LogP contribution >= 0.6 is 0 Å².